The van der Waals surface area contributed by atoms with E-state index in [4.69, 9.17) is 5.73 Å². The van der Waals surface area contributed by atoms with Crippen LogP contribution in [0.1, 0.15) is 28.9 Å². The SMILES string of the molecule is CC(=O)c1cccc(NC(=O)C(N)c2cnn(C)c2)c1. The smallest absolute Gasteiger partial charge is 0.246 e. The van der Waals surface area contributed by atoms with Gasteiger partial charge in [-0.25, -0.2) is 0 Å². The molecule has 1 atom stereocenters. The van der Waals surface area contributed by atoms with Crippen LogP contribution < -0.4 is 11.1 Å². The number of nitrogens with one attached hydrogen (secondary N) is 1. The van der Waals surface area contributed by atoms with Gasteiger partial charge in [0.1, 0.15) is 6.04 Å². The van der Waals surface area contributed by atoms with Crippen LogP contribution in [-0.2, 0) is 11.8 Å². The number of anilines is 1. The van der Waals surface area contributed by atoms with Gasteiger partial charge in [-0.1, -0.05) is 12.1 Å². The van der Waals surface area contributed by atoms with Crippen LogP contribution in [0.3, 0.4) is 0 Å². The van der Waals surface area contributed by atoms with Gasteiger partial charge in [0.15, 0.2) is 5.78 Å². The van der Waals surface area contributed by atoms with Gasteiger partial charge in [-0.15, -0.1) is 0 Å². The summed E-state index contributed by atoms with van der Waals surface area (Å²) in [7, 11) is 1.75. The normalized spacial score (nSPS) is 11.9. The Morgan fingerprint density at radius 2 is 2.15 bits per heavy atom. The number of ketones is 1. The highest BCUT2D eigenvalue weighted by atomic mass is 16.2. The van der Waals surface area contributed by atoms with Crippen LogP contribution in [0.2, 0.25) is 0 Å². The number of Topliss-reactive ketones (excluding diaryl/α,β-unsaturated/α-hetero) is 1. The molecule has 0 bridgehead atoms. The van der Waals surface area contributed by atoms with Crippen molar-refractivity contribution in [3.8, 4) is 0 Å². The van der Waals surface area contributed by atoms with Gasteiger partial charge in [0, 0.05) is 30.1 Å². The number of hydrogen-bond acceptors (Lipinski definition) is 4. The first-order valence-electron chi connectivity index (χ1n) is 6.13. The predicted molar refractivity (Wildman–Crippen MR) is 75.2 cm³/mol. The second-order valence-electron chi connectivity index (χ2n) is 4.55. The van der Waals surface area contributed by atoms with Gasteiger partial charge < -0.3 is 11.1 Å². The van der Waals surface area contributed by atoms with E-state index in [-0.39, 0.29) is 11.7 Å². The zero-order valence-electron chi connectivity index (χ0n) is 11.3. The maximum absolute atomic E-state index is 12.0. The molecule has 6 heteroatoms. The number of carbonyl (C=O) groups excluding carboxylic acids is 2. The second kappa shape index (κ2) is 5.66. The summed E-state index contributed by atoms with van der Waals surface area (Å²) in [5.41, 5.74) is 7.58. The van der Waals surface area contributed by atoms with Gasteiger partial charge in [-0.3, -0.25) is 14.3 Å². The first-order valence-corrected chi connectivity index (χ1v) is 6.13. The van der Waals surface area contributed by atoms with Crippen LogP contribution in [0.4, 0.5) is 5.69 Å². The van der Waals surface area contributed by atoms with Gasteiger partial charge in [0.05, 0.1) is 6.20 Å². The minimum absolute atomic E-state index is 0.0577. The van der Waals surface area contributed by atoms with E-state index < -0.39 is 6.04 Å². The number of benzene rings is 1. The number of nitrogens with two attached hydrogens (primary N) is 1. The predicted octanol–water partition coefficient (Wildman–Crippen LogP) is 1.26. The van der Waals surface area contributed by atoms with E-state index in [2.05, 4.69) is 10.4 Å². The van der Waals surface area contributed by atoms with E-state index in [1.165, 1.54) is 6.92 Å². The first-order chi connectivity index (χ1) is 9.47. The van der Waals surface area contributed by atoms with Crippen molar-refractivity contribution < 1.29 is 9.59 Å². The largest absolute Gasteiger partial charge is 0.324 e. The topological polar surface area (TPSA) is 90.0 Å². The number of nitrogens with zero attached hydrogens (tertiary/aromatic N) is 2. The molecule has 1 unspecified atom stereocenters. The summed E-state index contributed by atoms with van der Waals surface area (Å²) >= 11 is 0. The Bertz CT molecular complexity index is 648. The Hall–Kier alpha value is -2.47. The van der Waals surface area contributed by atoms with Crippen LogP contribution >= 0.6 is 0 Å². The molecule has 104 valence electrons. The lowest BCUT2D eigenvalue weighted by Gasteiger charge is -2.11. The van der Waals surface area contributed by atoms with Crippen molar-refractivity contribution >= 4 is 17.4 Å². The average molecular weight is 272 g/mol. The molecular formula is C14H16N4O2. The molecule has 1 amide bonds. The highest BCUT2D eigenvalue weighted by Gasteiger charge is 2.17. The molecule has 1 heterocycles. The van der Waals surface area contributed by atoms with Crippen molar-refractivity contribution in [3.05, 3.63) is 47.8 Å². The van der Waals surface area contributed by atoms with E-state index in [9.17, 15) is 9.59 Å². The third-order valence-electron chi connectivity index (χ3n) is 2.90. The van der Waals surface area contributed by atoms with Gasteiger partial charge in [0.25, 0.3) is 0 Å². The van der Waals surface area contributed by atoms with E-state index in [0.717, 1.165) is 0 Å². The van der Waals surface area contributed by atoms with Crippen LogP contribution in [0.5, 0.6) is 0 Å². The average Bonchev–Trinajstić information content (AvgIpc) is 2.84. The summed E-state index contributed by atoms with van der Waals surface area (Å²) in [6.45, 7) is 1.47. The molecule has 6 nitrogen and oxygen atoms in total. The number of rotatable bonds is 4. The third-order valence-corrected chi connectivity index (χ3v) is 2.90. The van der Waals surface area contributed by atoms with Crippen molar-refractivity contribution in [2.75, 3.05) is 5.32 Å². The fraction of sp³-hybridized carbons (Fsp3) is 0.214. The Kier molecular flexibility index (Phi) is 3.95. The summed E-state index contributed by atoms with van der Waals surface area (Å²) in [5, 5.41) is 6.67. The zero-order chi connectivity index (χ0) is 14.7. The minimum Gasteiger partial charge on any atom is -0.324 e. The Labute approximate surface area is 116 Å². The number of carbonyl (C=O) groups is 2. The van der Waals surface area contributed by atoms with Crippen LogP contribution in [0.15, 0.2) is 36.7 Å². The molecule has 20 heavy (non-hydrogen) atoms. The molecule has 0 fully saturated rings. The fourth-order valence-corrected chi connectivity index (χ4v) is 1.79. The number of amides is 1. The minimum atomic E-state index is -0.801. The molecule has 2 aromatic rings. The van der Waals surface area contributed by atoms with E-state index in [0.29, 0.717) is 16.8 Å². The molecule has 0 aliphatic carbocycles. The zero-order valence-corrected chi connectivity index (χ0v) is 11.3. The number of hydrogen-bond donors (Lipinski definition) is 2. The first kappa shape index (κ1) is 14.0. The molecule has 0 saturated heterocycles. The summed E-state index contributed by atoms with van der Waals surface area (Å²) in [6.07, 6.45) is 3.24. The van der Waals surface area contributed by atoms with E-state index in [1.54, 1.807) is 48.4 Å². The van der Waals surface area contributed by atoms with E-state index in [1.807, 2.05) is 0 Å². The van der Waals surface area contributed by atoms with Crippen molar-refractivity contribution in [2.24, 2.45) is 12.8 Å². The Morgan fingerprint density at radius 1 is 1.40 bits per heavy atom. The molecule has 0 saturated carbocycles. The van der Waals surface area contributed by atoms with Crippen LogP contribution in [0.25, 0.3) is 0 Å². The summed E-state index contributed by atoms with van der Waals surface area (Å²) in [5.74, 6) is -0.406. The van der Waals surface area contributed by atoms with Gasteiger partial charge >= 0.3 is 0 Å². The maximum Gasteiger partial charge on any atom is 0.246 e. The van der Waals surface area contributed by atoms with Gasteiger partial charge in [-0.2, -0.15) is 5.10 Å². The van der Waals surface area contributed by atoms with Crippen molar-refractivity contribution in [3.63, 3.8) is 0 Å². The quantitative estimate of drug-likeness (QED) is 0.820. The molecule has 2 rings (SSSR count). The lowest BCUT2D eigenvalue weighted by Crippen LogP contribution is -2.27. The molecule has 3 N–H and O–H groups in total. The molecular weight excluding hydrogens is 256 g/mol. The van der Waals surface area contributed by atoms with Gasteiger partial charge in [-0.05, 0) is 19.1 Å². The molecule has 0 aliphatic rings. The highest BCUT2D eigenvalue weighted by Crippen LogP contribution is 2.15. The van der Waals surface area contributed by atoms with Crippen molar-refractivity contribution in [1.29, 1.82) is 0 Å². The van der Waals surface area contributed by atoms with Gasteiger partial charge in [0.2, 0.25) is 5.91 Å². The standard InChI is InChI=1S/C14H16N4O2/c1-9(19)10-4-3-5-12(6-10)17-14(20)13(15)11-7-16-18(2)8-11/h3-8,13H,15H2,1-2H3,(H,17,20). The number of aryl methyl sites for hydroxylation is 1. The molecule has 0 aliphatic heterocycles. The molecule has 0 radical (unpaired) electrons. The summed E-state index contributed by atoms with van der Waals surface area (Å²) in [6, 6.07) is 5.93. The molecule has 1 aromatic carbocycles. The Balaban J connectivity index is 2.11. The van der Waals surface area contributed by atoms with E-state index >= 15 is 0 Å². The number of aromatic nitrogens is 2. The van der Waals surface area contributed by atoms with Crippen molar-refractivity contribution in [2.45, 2.75) is 13.0 Å². The molecule has 1 aromatic heterocycles. The lowest BCUT2D eigenvalue weighted by atomic mass is 10.1. The van der Waals surface area contributed by atoms with Crippen LogP contribution in [0, 0.1) is 0 Å². The lowest BCUT2D eigenvalue weighted by molar-refractivity contribution is -0.117. The van der Waals surface area contributed by atoms with Crippen LogP contribution in [-0.4, -0.2) is 21.5 Å². The summed E-state index contributed by atoms with van der Waals surface area (Å²) < 4.78 is 1.58. The highest BCUT2D eigenvalue weighted by molar-refractivity contribution is 5.98. The monoisotopic (exact) mass is 272 g/mol. The third kappa shape index (κ3) is 3.10. The maximum atomic E-state index is 12.0. The second-order valence-corrected chi connectivity index (χ2v) is 4.55. The summed E-state index contributed by atoms with van der Waals surface area (Å²) in [4.78, 5) is 23.3. The Morgan fingerprint density at radius 3 is 2.75 bits per heavy atom. The fourth-order valence-electron chi connectivity index (χ4n) is 1.79. The van der Waals surface area contributed by atoms with Crippen molar-refractivity contribution in [1.82, 2.24) is 9.78 Å². The molecule has 0 spiro atoms.